The van der Waals surface area contributed by atoms with Crippen LogP contribution in [0.1, 0.15) is 23.2 Å². The monoisotopic (exact) mass is 268 g/mol. The molecule has 2 rings (SSSR count). The standard InChI is InChI=1S/C13H17ClN2O2/c1-18-7-6-16(10-3-4-10)13(17)11-5-2-9(15)8-12(11)14/h2,5,8,10H,3-4,6-7,15H2,1H3. The fourth-order valence-corrected chi connectivity index (χ4v) is 2.16. The summed E-state index contributed by atoms with van der Waals surface area (Å²) in [5.74, 6) is -0.0421. The Morgan fingerprint density at radius 3 is 2.83 bits per heavy atom. The minimum absolute atomic E-state index is 0.0421. The number of methoxy groups -OCH3 is 1. The molecule has 0 radical (unpaired) electrons. The van der Waals surface area contributed by atoms with Gasteiger partial charge in [0.15, 0.2) is 0 Å². The summed E-state index contributed by atoms with van der Waals surface area (Å²) in [6.45, 7) is 1.13. The maximum Gasteiger partial charge on any atom is 0.255 e. The van der Waals surface area contributed by atoms with Gasteiger partial charge in [-0.05, 0) is 31.0 Å². The molecule has 1 saturated carbocycles. The van der Waals surface area contributed by atoms with Crippen LogP contribution in [0.2, 0.25) is 5.02 Å². The van der Waals surface area contributed by atoms with Gasteiger partial charge in [0.1, 0.15) is 0 Å². The molecule has 0 spiro atoms. The molecule has 0 atom stereocenters. The summed E-state index contributed by atoms with van der Waals surface area (Å²) < 4.78 is 5.04. The second kappa shape index (κ2) is 5.59. The Bertz CT molecular complexity index is 447. The molecule has 98 valence electrons. The highest BCUT2D eigenvalue weighted by molar-refractivity contribution is 6.34. The van der Waals surface area contributed by atoms with Crippen LogP contribution in [0, 0.1) is 0 Å². The number of hydrogen-bond donors (Lipinski definition) is 1. The number of rotatable bonds is 5. The summed E-state index contributed by atoms with van der Waals surface area (Å²) in [5.41, 5.74) is 6.70. The van der Waals surface area contributed by atoms with Crippen molar-refractivity contribution in [2.45, 2.75) is 18.9 Å². The van der Waals surface area contributed by atoms with Gasteiger partial charge in [-0.1, -0.05) is 11.6 Å². The smallest absolute Gasteiger partial charge is 0.255 e. The molecule has 0 saturated heterocycles. The summed E-state index contributed by atoms with van der Waals surface area (Å²) in [5, 5.41) is 0.406. The largest absolute Gasteiger partial charge is 0.399 e. The molecule has 4 nitrogen and oxygen atoms in total. The Labute approximate surface area is 112 Å². The third-order valence-corrected chi connectivity index (χ3v) is 3.32. The highest BCUT2D eigenvalue weighted by atomic mass is 35.5. The van der Waals surface area contributed by atoms with E-state index in [4.69, 9.17) is 22.1 Å². The topological polar surface area (TPSA) is 55.6 Å². The normalized spacial score (nSPS) is 14.6. The first kappa shape index (κ1) is 13.2. The average molecular weight is 269 g/mol. The first-order valence-electron chi connectivity index (χ1n) is 5.98. The van der Waals surface area contributed by atoms with E-state index >= 15 is 0 Å². The molecule has 1 aromatic carbocycles. The lowest BCUT2D eigenvalue weighted by molar-refractivity contribution is 0.0680. The van der Waals surface area contributed by atoms with Gasteiger partial charge in [-0.2, -0.15) is 0 Å². The highest BCUT2D eigenvalue weighted by Crippen LogP contribution is 2.30. The first-order valence-corrected chi connectivity index (χ1v) is 6.36. The van der Waals surface area contributed by atoms with Crippen molar-refractivity contribution in [3.63, 3.8) is 0 Å². The van der Waals surface area contributed by atoms with E-state index in [1.165, 1.54) is 0 Å². The maximum atomic E-state index is 12.4. The number of nitrogens with two attached hydrogens (primary N) is 1. The maximum absolute atomic E-state index is 12.4. The van der Waals surface area contributed by atoms with Crippen molar-refractivity contribution in [3.8, 4) is 0 Å². The van der Waals surface area contributed by atoms with Crippen LogP contribution in [0.15, 0.2) is 18.2 Å². The summed E-state index contributed by atoms with van der Waals surface area (Å²) in [6.07, 6.45) is 2.12. The number of anilines is 1. The molecule has 18 heavy (non-hydrogen) atoms. The fraction of sp³-hybridized carbons (Fsp3) is 0.462. The highest BCUT2D eigenvalue weighted by Gasteiger charge is 2.33. The van der Waals surface area contributed by atoms with Gasteiger partial charge in [-0.25, -0.2) is 0 Å². The lowest BCUT2D eigenvalue weighted by atomic mass is 10.1. The lowest BCUT2D eigenvalue weighted by Gasteiger charge is -2.22. The quantitative estimate of drug-likeness (QED) is 0.833. The van der Waals surface area contributed by atoms with E-state index in [0.29, 0.717) is 35.5 Å². The molecule has 0 heterocycles. The SMILES string of the molecule is COCCN(C(=O)c1ccc(N)cc1Cl)C1CC1. The second-order valence-corrected chi connectivity index (χ2v) is 4.87. The third-order valence-electron chi connectivity index (χ3n) is 3.01. The van der Waals surface area contributed by atoms with Crippen LogP contribution in [-0.2, 0) is 4.74 Å². The number of hydrogen-bond acceptors (Lipinski definition) is 3. The van der Waals surface area contributed by atoms with Gasteiger partial charge in [0.05, 0.1) is 17.2 Å². The predicted octanol–water partition coefficient (Wildman–Crippen LogP) is 2.17. The van der Waals surface area contributed by atoms with E-state index in [1.54, 1.807) is 25.3 Å². The molecule has 1 aliphatic rings. The lowest BCUT2D eigenvalue weighted by Crippen LogP contribution is -2.36. The first-order chi connectivity index (χ1) is 8.63. The summed E-state index contributed by atoms with van der Waals surface area (Å²) in [7, 11) is 1.63. The van der Waals surface area contributed by atoms with Crippen LogP contribution in [0.25, 0.3) is 0 Å². The van der Waals surface area contributed by atoms with Crippen molar-refractivity contribution in [2.24, 2.45) is 0 Å². The van der Waals surface area contributed by atoms with Crippen LogP contribution < -0.4 is 5.73 Å². The zero-order valence-corrected chi connectivity index (χ0v) is 11.1. The number of halogens is 1. The number of benzene rings is 1. The Morgan fingerprint density at radius 1 is 1.56 bits per heavy atom. The van der Waals surface area contributed by atoms with E-state index < -0.39 is 0 Å². The molecule has 1 aliphatic carbocycles. The molecule has 0 bridgehead atoms. The molecular formula is C13H17ClN2O2. The van der Waals surface area contributed by atoms with Gasteiger partial charge in [-0.3, -0.25) is 4.79 Å². The van der Waals surface area contributed by atoms with Crippen LogP contribution in [0.3, 0.4) is 0 Å². The van der Waals surface area contributed by atoms with E-state index in [0.717, 1.165) is 12.8 Å². The minimum Gasteiger partial charge on any atom is -0.399 e. The molecule has 0 unspecified atom stereocenters. The van der Waals surface area contributed by atoms with Gasteiger partial charge < -0.3 is 15.4 Å². The van der Waals surface area contributed by atoms with Crippen molar-refractivity contribution < 1.29 is 9.53 Å². The Morgan fingerprint density at radius 2 is 2.28 bits per heavy atom. The summed E-state index contributed by atoms with van der Waals surface area (Å²) in [6, 6.07) is 5.32. The van der Waals surface area contributed by atoms with Gasteiger partial charge in [-0.15, -0.1) is 0 Å². The van der Waals surface area contributed by atoms with E-state index in [2.05, 4.69) is 0 Å². The van der Waals surface area contributed by atoms with E-state index in [-0.39, 0.29) is 5.91 Å². The van der Waals surface area contributed by atoms with Crippen LogP contribution in [0.5, 0.6) is 0 Å². The molecule has 1 aromatic rings. The van der Waals surface area contributed by atoms with E-state index in [1.807, 2.05) is 4.90 Å². The van der Waals surface area contributed by atoms with Crippen molar-refractivity contribution >= 4 is 23.2 Å². The van der Waals surface area contributed by atoms with Gasteiger partial charge in [0.2, 0.25) is 0 Å². The fourth-order valence-electron chi connectivity index (χ4n) is 1.89. The van der Waals surface area contributed by atoms with Crippen LogP contribution >= 0.6 is 11.6 Å². The molecule has 0 aliphatic heterocycles. The van der Waals surface area contributed by atoms with Crippen molar-refractivity contribution in [1.82, 2.24) is 4.90 Å². The van der Waals surface area contributed by atoms with Crippen LogP contribution in [-0.4, -0.2) is 37.1 Å². The number of ether oxygens (including phenoxy) is 1. The second-order valence-electron chi connectivity index (χ2n) is 4.46. The molecule has 1 fully saturated rings. The number of amides is 1. The summed E-state index contributed by atoms with van der Waals surface area (Å²) >= 11 is 6.07. The predicted molar refractivity (Wildman–Crippen MR) is 71.8 cm³/mol. The van der Waals surface area contributed by atoms with Gasteiger partial charge in [0.25, 0.3) is 5.91 Å². The minimum atomic E-state index is -0.0421. The van der Waals surface area contributed by atoms with Gasteiger partial charge >= 0.3 is 0 Å². The number of carbonyl (C=O) groups excluding carboxylic acids is 1. The zero-order valence-electron chi connectivity index (χ0n) is 10.4. The van der Waals surface area contributed by atoms with Gasteiger partial charge in [0, 0.05) is 25.4 Å². The Balaban J connectivity index is 2.16. The molecule has 5 heteroatoms. The third kappa shape index (κ3) is 2.94. The van der Waals surface area contributed by atoms with Crippen LogP contribution in [0.4, 0.5) is 5.69 Å². The number of nitrogens with zero attached hydrogens (tertiary/aromatic N) is 1. The molecule has 2 N–H and O–H groups in total. The van der Waals surface area contributed by atoms with E-state index in [9.17, 15) is 4.79 Å². The number of nitrogen functional groups attached to an aromatic ring is 1. The molecule has 1 amide bonds. The zero-order chi connectivity index (χ0) is 13.1. The van der Waals surface area contributed by atoms with Crippen molar-refractivity contribution in [1.29, 1.82) is 0 Å². The molecular weight excluding hydrogens is 252 g/mol. The molecule has 0 aromatic heterocycles. The number of carbonyl (C=O) groups is 1. The Kier molecular flexibility index (Phi) is 4.09. The van der Waals surface area contributed by atoms with Crippen molar-refractivity contribution in [3.05, 3.63) is 28.8 Å². The Hall–Kier alpha value is -1.26. The average Bonchev–Trinajstić information content (AvgIpc) is 3.13. The summed E-state index contributed by atoms with van der Waals surface area (Å²) in [4.78, 5) is 14.2. The van der Waals surface area contributed by atoms with Crippen molar-refractivity contribution in [2.75, 3.05) is 26.0 Å².